The van der Waals surface area contributed by atoms with Gasteiger partial charge in [-0.25, -0.2) is 9.18 Å². The Balaban J connectivity index is 0.00000182. The van der Waals surface area contributed by atoms with Gasteiger partial charge in [-0.3, -0.25) is 4.98 Å². The molecule has 0 spiro atoms. The summed E-state index contributed by atoms with van der Waals surface area (Å²) in [5.74, 6) is -0.373. The second kappa shape index (κ2) is 6.98. The molecule has 0 radical (unpaired) electrons. The van der Waals surface area contributed by atoms with Crippen LogP contribution in [0, 0.1) is 12.7 Å². The summed E-state index contributed by atoms with van der Waals surface area (Å²) >= 11 is 0. The van der Waals surface area contributed by atoms with Gasteiger partial charge >= 0.3 is 6.03 Å². The molecule has 2 amide bonds. The second-order valence-corrected chi connectivity index (χ2v) is 6.50. The summed E-state index contributed by atoms with van der Waals surface area (Å²) in [6.45, 7) is 3.58. The van der Waals surface area contributed by atoms with Crippen molar-refractivity contribution >= 4 is 24.1 Å². The van der Waals surface area contributed by atoms with Crippen LogP contribution in [0.1, 0.15) is 12.0 Å². The number of amides is 2. The number of benzene rings is 1. The molecule has 5 nitrogen and oxygen atoms in total. The zero-order chi connectivity index (χ0) is 16.7. The molecule has 2 N–H and O–H groups in total. The first kappa shape index (κ1) is 17.6. The van der Waals surface area contributed by atoms with E-state index in [2.05, 4.69) is 15.6 Å². The number of piperazine rings is 1. The van der Waals surface area contributed by atoms with Gasteiger partial charge in [-0.1, -0.05) is 6.07 Å². The van der Waals surface area contributed by atoms with Crippen LogP contribution in [0.2, 0.25) is 0 Å². The molecule has 4 rings (SSSR count). The molecule has 0 unspecified atom stereocenters. The van der Waals surface area contributed by atoms with E-state index in [0.717, 1.165) is 30.6 Å². The number of likely N-dealkylation sites (tertiary alicyclic amines) is 1. The number of nitrogens with zero attached hydrogens (tertiary/aromatic N) is 2. The van der Waals surface area contributed by atoms with Gasteiger partial charge in [0.25, 0.3) is 0 Å². The number of nitrogens with one attached hydrogen (secondary N) is 2. The lowest BCUT2D eigenvalue weighted by atomic mass is 10.0. The number of rotatable bonds is 2. The third-order valence-electron chi connectivity index (χ3n) is 4.82. The van der Waals surface area contributed by atoms with Crippen LogP contribution in [0.4, 0.5) is 14.9 Å². The van der Waals surface area contributed by atoms with Crippen molar-refractivity contribution in [1.82, 2.24) is 15.2 Å². The highest BCUT2D eigenvalue weighted by atomic mass is 35.5. The lowest BCUT2D eigenvalue weighted by molar-refractivity contribution is 0.199. The summed E-state index contributed by atoms with van der Waals surface area (Å²) in [5, 5.41) is 6.35. The average molecular weight is 363 g/mol. The van der Waals surface area contributed by atoms with Gasteiger partial charge in [0.1, 0.15) is 5.82 Å². The first-order valence-electron chi connectivity index (χ1n) is 8.13. The van der Waals surface area contributed by atoms with Gasteiger partial charge in [0.15, 0.2) is 0 Å². The Labute approximate surface area is 152 Å². The number of aromatic nitrogens is 1. The third-order valence-corrected chi connectivity index (χ3v) is 4.82. The predicted octanol–water partition coefficient (Wildman–Crippen LogP) is 3.20. The second-order valence-electron chi connectivity index (χ2n) is 6.50. The maximum Gasteiger partial charge on any atom is 0.322 e. The van der Waals surface area contributed by atoms with Gasteiger partial charge in [-0.05, 0) is 42.7 Å². The summed E-state index contributed by atoms with van der Waals surface area (Å²) < 4.78 is 13.4. The fraction of sp³-hybridized carbons (Fsp3) is 0.333. The molecule has 2 fully saturated rings. The first-order valence-corrected chi connectivity index (χ1v) is 8.13. The van der Waals surface area contributed by atoms with E-state index < -0.39 is 0 Å². The van der Waals surface area contributed by atoms with Crippen LogP contribution in [-0.2, 0) is 0 Å². The smallest absolute Gasteiger partial charge is 0.319 e. The molecule has 1 aromatic carbocycles. The Morgan fingerprint density at radius 3 is 2.88 bits per heavy atom. The van der Waals surface area contributed by atoms with Crippen molar-refractivity contribution in [2.24, 2.45) is 0 Å². The molecule has 0 aliphatic carbocycles. The molecular weight excluding hydrogens is 343 g/mol. The third kappa shape index (κ3) is 3.45. The molecule has 25 heavy (non-hydrogen) atoms. The van der Waals surface area contributed by atoms with Gasteiger partial charge in [-0.15, -0.1) is 12.4 Å². The van der Waals surface area contributed by atoms with Crippen LogP contribution in [0.25, 0.3) is 11.1 Å². The van der Waals surface area contributed by atoms with Gasteiger partial charge in [0.05, 0.1) is 6.20 Å². The molecule has 2 aliphatic heterocycles. The lowest BCUT2D eigenvalue weighted by Gasteiger charge is -2.27. The van der Waals surface area contributed by atoms with Gasteiger partial charge in [0, 0.05) is 42.6 Å². The van der Waals surface area contributed by atoms with Crippen LogP contribution in [0.5, 0.6) is 0 Å². The van der Waals surface area contributed by atoms with Crippen molar-refractivity contribution in [3.63, 3.8) is 0 Å². The van der Waals surface area contributed by atoms with Crippen LogP contribution >= 0.6 is 12.4 Å². The average Bonchev–Trinajstić information content (AvgIpc) is 3.20. The molecule has 2 aromatic rings. The monoisotopic (exact) mass is 362 g/mol. The summed E-state index contributed by atoms with van der Waals surface area (Å²) in [6, 6.07) is 7.75. The molecule has 2 atom stereocenters. The number of carbonyl (C=O) groups is 1. The zero-order valence-corrected chi connectivity index (χ0v) is 14.6. The Hall–Kier alpha value is -2.18. The maximum atomic E-state index is 13.4. The topological polar surface area (TPSA) is 57.3 Å². The SMILES string of the molecule is Cc1ccc(NC(=O)N2C[C@@H]3C[C@H]2CN3)cc1-c1cncc(F)c1.Cl. The van der Waals surface area contributed by atoms with E-state index in [9.17, 15) is 9.18 Å². The minimum Gasteiger partial charge on any atom is -0.319 e. The van der Waals surface area contributed by atoms with E-state index in [1.54, 1.807) is 6.20 Å². The largest absolute Gasteiger partial charge is 0.322 e. The molecule has 2 saturated heterocycles. The number of pyridine rings is 1. The summed E-state index contributed by atoms with van der Waals surface area (Å²) in [7, 11) is 0. The number of urea groups is 1. The van der Waals surface area contributed by atoms with Crippen LogP contribution in [0.15, 0.2) is 36.7 Å². The van der Waals surface area contributed by atoms with Crippen LogP contribution < -0.4 is 10.6 Å². The normalized spacial score (nSPS) is 21.1. The highest BCUT2D eigenvalue weighted by molar-refractivity contribution is 5.91. The van der Waals surface area contributed by atoms with E-state index in [4.69, 9.17) is 0 Å². The van der Waals surface area contributed by atoms with Crippen molar-refractivity contribution in [3.8, 4) is 11.1 Å². The molecule has 2 aliphatic rings. The standard InChI is InChI=1S/C18H19FN4O.ClH/c1-11-2-3-14(6-17(11)12-4-13(19)8-20-7-12)22-18(24)23-10-15-5-16(23)9-21-15;/h2-4,6-8,15-16,21H,5,9-10H2,1H3,(H,22,24);1H/t15-,16-;/m0./s1. The molecular formula is C18H20ClFN4O. The van der Waals surface area contributed by atoms with Crippen molar-refractivity contribution in [2.75, 3.05) is 18.4 Å². The number of carbonyl (C=O) groups excluding carboxylic acids is 1. The van der Waals surface area contributed by atoms with Gasteiger partial charge in [-0.2, -0.15) is 0 Å². The number of hydrogen-bond acceptors (Lipinski definition) is 3. The van der Waals surface area contributed by atoms with E-state index in [-0.39, 0.29) is 30.3 Å². The maximum absolute atomic E-state index is 13.4. The van der Waals surface area contributed by atoms with E-state index >= 15 is 0 Å². The van der Waals surface area contributed by atoms with E-state index in [1.807, 2.05) is 30.0 Å². The summed E-state index contributed by atoms with van der Waals surface area (Å²) in [4.78, 5) is 18.3. The van der Waals surface area contributed by atoms with Gasteiger partial charge < -0.3 is 15.5 Å². The minimum atomic E-state index is -0.373. The number of halogens is 2. The van der Waals surface area contributed by atoms with Crippen LogP contribution in [0.3, 0.4) is 0 Å². The lowest BCUT2D eigenvalue weighted by Crippen LogP contribution is -2.48. The van der Waals surface area contributed by atoms with Crippen molar-refractivity contribution in [3.05, 3.63) is 48.0 Å². The zero-order valence-electron chi connectivity index (χ0n) is 13.8. The Morgan fingerprint density at radius 2 is 2.20 bits per heavy atom. The first-order chi connectivity index (χ1) is 11.6. The van der Waals surface area contributed by atoms with Gasteiger partial charge in [0.2, 0.25) is 0 Å². The van der Waals surface area contributed by atoms with Crippen molar-refractivity contribution in [2.45, 2.75) is 25.4 Å². The Kier molecular flexibility index (Phi) is 4.92. The number of fused-ring (bicyclic) bond motifs is 2. The number of aryl methyl sites for hydroxylation is 1. The molecule has 0 saturated carbocycles. The number of hydrogen-bond donors (Lipinski definition) is 2. The summed E-state index contributed by atoms with van der Waals surface area (Å²) in [6.07, 6.45) is 3.84. The molecule has 1 aromatic heterocycles. The Morgan fingerprint density at radius 1 is 1.36 bits per heavy atom. The van der Waals surface area contributed by atoms with E-state index in [0.29, 0.717) is 17.3 Å². The van der Waals surface area contributed by atoms with Crippen molar-refractivity contribution in [1.29, 1.82) is 0 Å². The Bertz CT molecular complexity index is 800. The molecule has 2 bridgehead atoms. The molecule has 132 valence electrons. The molecule has 7 heteroatoms. The minimum absolute atomic E-state index is 0. The highest BCUT2D eigenvalue weighted by Gasteiger charge is 2.40. The van der Waals surface area contributed by atoms with Crippen LogP contribution in [-0.4, -0.2) is 41.1 Å². The fourth-order valence-corrected chi connectivity index (χ4v) is 3.57. The fourth-order valence-electron chi connectivity index (χ4n) is 3.57. The molecule has 3 heterocycles. The highest BCUT2D eigenvalue weighted by Crippen LogP contribution is 2.28. The number of anilines is 1. The predicted molar refractivity (Wildman–Crippen MR) is 97.5 cm³/mol. The summed E-state index contributed by atoms with van der Waals surface area (Å²) in [5.41, 5.74) is 3.28. The van der Waals surface area contributed by atoms with Crippen molar-refractivity contribution < 1.29 is 9.18 Å². The van der Waals surface area contributed by atoms with E-state index in [1.165, 1.54) is 12.3 Å². The quantitative estimate of drug-likeness (QED) is 0.862.